The number of nitrogens with one attached hydrogen (secondary N) is 2. The Bertz CT molecular complexity index is 1140. The minimum Gasteiger partial charge on any atom is -0.497 e. The number of carbonyl (C=O) groups excluding carboxylic acids is 1. The van der Waals surface area contributed by atoms with Gasteiger partial charge in [-0.15, -0.1) is 0 Å². The summed E-state index contributed by atoms with van der Waals surface area (Å²) in [4.78, 5) is 12.8. The molecule has 3 rings (SSSR count). The zero-order valence-electron chi connectivity index (χ0n) is 17.8. The number of sulfonamides is 1. The van der Waals surface area contributed by atoms with Gasteiger partial charge in [-0.05, 0) is 73.0 Å². The normalized spacial score (nSPS) is 12.1. The number of amides is 1. The lowest BCUT2D eigenvalue weighted by molar-refractivity contribution is 0.0935. The summed E-state index contributed by atoms with van der Waals surface area (Å²) in [5.74, 6) is 0.366. The van der Waals surface area contributed by atoms with Crippen LogP contribution in [-0.4, -0.2) is 21.4 Å². The van der Waals surface area contributed by atoms with Crippen LogP contribution in [0, 0.1) is 6.92 Å². The number of hydrogen-bond donors (Lipinski definition) is 2. The number of ether oxygens (including phenoxy) is 1. The lowest BCUT2D eigenvalue weighted by Crippen LogP contribution is -2.28. The van der Waals surface area contributed by atoms with E-state index in [1.165, 1.54) is 19.2 Å². The van der Waals surface area contributed by atoms with Crippen molar-refractivity contribution in [2.24, 2.45) is 0 Å². The Morgan fingerprint density at radius 3 is 2.19 bits per heavy atom. The fourth-order valence-electron chi connectivity index (χ4n) is 3.28. The molecule has 3 aromatic rings. The number of anilines is 1. The van der Waals surface area contributed by atoms with Gasteiger partial charge in [0, 0.05) is 11.3 Å². The van der Waals surface area contributed by atoms with Gasteiger partial charge in [-0.2, -0.15) is 0 Å². The fraction of sp³-hybridized carbons (Fsp3) is 0.208. The van der Waals surface area contributed by atoms with E-state index in [0.717, 1.165) is 17.5 Å². The Labute approximate surface area is 183 Å². The van der Waals surface area contributed by atoms with Crippen molar-refractivity contribution in [1.29, 1.82) is 0 Å². The summed E-state index contributed by atoms with van der Waals surface area (Å²) >= 11 is 0. The quantitative estimate of drug-likeness (QED) is 0.535. The molecule has 0 bridgehead atoms. The Morgan fingerprint density at radius 2 is 1.61 bits per heavy atom. The van der Waals surface area contributed by atoms with E-state index >= 15 is 0 Å². The standard InChI is InChI=1S/C24H26N2O4S/c1-4-23(22-8-6-5-7-17(22)2)25-24(27)18-9-11-19(12-10-18)26-31(28,29)21-15-13-20(30-3)14-16-21/h5-16,23,26H,4H2,1-3H3,(H,25,27)/t23-/m0/s1. The molecule has 0 aliphatic carbocycles. The van der Waals surface area contributed by atoms with Gasteiger partial charge in [-0.3, -0.25) is 9.52 Å². The molecule has 0 aromatic heterocycles. The van der Waals surface area contributed by atoms with E-state index in [1.807, 2.05) is 38.1 Å². The van der Waals surface area contributed by atoms with Crippen molar-refractivity contribution in [3.63, 3.8) is 0 Å². The van der Waals surface area contributed by atoms with Crippen molar-refractivity contribution >= 4 is 21.6 Å². The molecule has 0 fully saturated rings. The van der Waals surface area contributed by atoms with E-state index < -0.39 is 10.0 Å². The van der Waals surface area contributed by atoms with Crippen molar-refractivity contribution < 1.29 is 17.9 Å². The van der Waals surface area contributed by atoms with E-state index in [9.17, 15) is 13.2 Å². The van der Waals surface area contributed by atoms with Crippen molar-refractivity contribution in [3.05, 3.63) is 89.5 Å². The van der Waals surface area contributed by atoms with Crippen molar-refractivity contribution in [2.75, 3.05) is 11.8 Å². The van der Waals surface area contributed by atoms with Crippen LogP contribution in [0.4, 0.5) is 5.69 Å². The molecule has 0 spiro atoms. The molecule has 1 amide bonds. The maximum Gasteiger partial charge on any atom is 0.261 e. The lowest BCUT2D eigenvalue weighted by Gasteiger charge is -2.19. The average Bonchev–Trinajstić information content (AvgIpc) is 2.78. The first-order valence-electron chi connectivity index (χ1n) is 9.97. The Morgan fingerprint density at radius 1 is 0.968 bits per heavy atom. The van der Waals surface area contributed by atoms with Gasteiger partial charge < -0.3 is 10.1 Å². The third-order valence-electron chi connectivity index (χ3n) is 5.05. The maximum atomic E-state index is 12.7. The lowest BCUT2D eigenvalue weighted by atomic mass is 9.99. The minimum atomic E-state index is -3.74. The van der Waals surface area contributed by atoms with Crippen molar-refractivity contribution in [1.82, 2.24) is 5.32 Å². The Hall–Kier alpha value is -3.32. The van der Waals surface area contributed by atoms with Crippen LogP contribution in [0.5, 0.6) is 5.75 Å². The summed E-state index contributed by atoms with van der Waals surface area (Å²) in [5.41, 5.74) is 3.04. The average molecular weight is 439 g/mol. The van der Waals surface area contributed by atoms with Gasteiger partial charge in [-0.25, -0.2) is 8.42 Å². The first kappa shape index (κ1) is 22.4. The molecular weight excluding hydrogens is 412 g/mol. The number of aryl methyl sites for hydroxylation is 1. The van der Waals surface area contributed by atoms with E-state index in [0.29, 0.717) is 17.0 Å². The summed E-state index contributed by atoms with van der Waals surface area (Å²) in [7, 11) is -2.22. The van der Waals surface area contributed by atoms with Gasteiger partial charge in [-0.1, -0.05) is 31.2 Å². The topological polar surface area (TPSA) is 84.5 Å². The molecule has 0 aliphatic rings. The highest BCUT2D eigenvalue weighted by Gasteiger charge is 2.17. The van der Waals surface area contributed by atoms with Crippen LogP contribution in [0.25, 0.3) is 0 Å². The summed E-state index contributed by atoms with van der Waals surface area (Å²) in [5, 5.41) is 3.06. The summed E-state index contributed by atoms with van der Waals surface area (Å²) in [6, 6.07) is 20.3. The SMILES string of the molecule is CC[C@H](NC(=O)c1ccc(NS(=O)(=O)c2ccc(OC)cc2)cc1)c1ccccc1C. The van der Waals surface area contributed by atoms with E-state index in [-0.39, 0.29) is 16.8 Å². The summed E-state index contributed by atoms with van der Waals surface area (Å²) in [6.45, 7) is 4.04. The second-order valence-corrected chi connectivity index (χ2v) is 8.83. The van der Waals surface area contributed by atoms with Crippen LogP contribution in [-0.2, 0) is 10.0 Å². The molecule has 162 valence electrons. The smallest absolute Gasteiger partial charge is 0.261 e. The van der Waals surface area contributed by atoms with Crippen LogP contribution in [0.2, 0.25) is 0 Å². The highest BCUT2D eigenvalue weighted by atomic mass is 32.2. The Balaban J connectivity index is 1.70. The molecule has 2 N–H and O–H groups in total. The first-order chi connectivity index (χ1) is 14.8. The van der Waals surface area contributed by atoms with E-state index in [2.05, 4.69) is 10.0 Å². The molecule has 0 aliphatic heterocycles. The van der Waals surface area contributed by atoms with Crippen LogP contribution < -0.4 is 14.8 Å². The van der Waals surface area contributed by atoms with Crippen molar-refractivity contribution in [3.8, 4) is 5.75 Å². The third kappa shape index (κ3) is 5.44. The van der Waals surface area contributed by atoms with Crippen molar-refractivity contribution in [2.45, 2.75) is 31.2 Å². The highest BCUT2D eigenvalue weighted by molar-refractivity contribution is 7.92. The summed E-state index contributed by atoms with van der Waals surface area (Å²) in [6.07, 6.45) is 0.760. The zero-order valence-corrected chi connectivity index (χ0v) is 18.6. The van der Waals surface area contributed by atoms with Crippen LogP contribution in [0.1, 0.15) is 40.9 Å². The number of hydrogen-bond acceptors (Lipinski definition) is 4. The fourth-order valence-corrected chi connectivity index (χ4v) is 4.34. The Kier molecular flexibility index (Phi) is 6.97. The molecule has 0 saturated heterocycles. The molecule has 0 radical (unpaired) electrons. The van der Waals surface area contributed by atoms with E-state index in [1.54, 1.807) is 36.4 Å². The predicted octanol–water partition coefficient (Wildman–Crippen LogP) is 4.69. The maximum absolute atomic E-state index is 12.7. The van der Waals surface area contributed by atoms with Crippen LogP contribution >= 0.6 is 0 Å². The third-order valence-corrected chi connectivity index (χ3v) is 6.44. The minimum absolute atomic E-state index is 0.0954. The number of methoxy groups -OCH3 is 1. The van der Waals surface area contributed by atoms with Gasteiger partial charge in [0.25, 0.3) is 15.9 Å². The zero-order chi connectivity index (χ0) is 22.4. The second-order valence-electron chi connectivity index (χ2n) is 7.15. The van der Waals surface area contributed by atoms with Gasteiger partial charge in [0.1, 0.15) is 5.75 Å². The first-order valence-corrected chi connectivity index (χ1v) is 11.5. The number of rotatable bonds is 8. The highest BCUT2D eigenvalue weighted by Crippen LogP contribution is 2.22. The molecule has 0 saturated carbocycles. The number of carbonyl (C=O) groups is 1. The van der Waals surface area contributed by atoms with Crippen LogP contribution in [0.15, 0.2) is 77.7 Å². The van der Waals surface area contributed by atoms with Gasteiger partial charge in [0.2, 0.25) is 0 Å². The van der Waals surface area contributed by atoms with E-state index in [4.69, 9.17) is 4.74 Å². The molecule has 0 unspecified atom stereocenters. The molecule has 0 heterocycles. The predicted molar refractivity (Wildman–Crippen MR) is 122 cm³/mol. The molecule has 31 heavy (non-hydrogen) atoms. The van der Waals surface area contributed by atoms with Gasteiger partial charge >= 0.3 is 0 Å². The molecule has 6 nitrogen and oxygen atoms in total. The van der Waals surface area contributed by atoms with Gasteiger partial charge in [0.15, 0.2) is 0 Å². The molecule has 7 heteroatoms. The number of benzene rings is 3. The molecule has 1 atom stereocenters. The van der Waals surface area contributed by atoms with Crippen LogP contribution in [0.3, 0.4) is 0 Å². The molecular formula is C24H26N2O4S. The monoisotopic (exact) mass is 438 g/mol. The second kappa shape index (κ2) is 9.66. The van der Waals surface area contributed by atoms with Gasteiger partial charge in [0.05, 0.1) is 18.0 Å². The summed E-state index contributed by atoms with van der Waals surface area (Å²) < 4.78 is 32.7. The largest absolute Gasteiger partial charge is 0.497 e. The molecule has 3 aromatic carbocycles.